The van der Waals surface area contributed by atoms with Gasteiger partial charge in [-0.1, -0.05) is 179 Å². The number of rotatable bonds is 5. The van der Waals surface area contributed by atoms with Gasteiger partial charge in [-0.25, -0.2) is 0 Å². The van der Waals surface area contributed by atoms with Crippen LogP contribution >= 0.6 is 0 Å². The Kier molecular flexibility index (Phi) is 7.36. The second-order valence-corrected chi connectivity index (χ2v) is 17.7. The summed E-state index contributed by atoms with van der Waals surface area (Å²) in [5.41, 5.74) is 19.9. The molecule has 0 aliphatic heterocycles. The first kappa shape index (κ1) is 34.8. The standard InChI is InChI=1S/C58H44N2/c1-57(2)48-27-13-9-24-46(48)56-49(57)28-17-31-53(56)59(39-32-33-43-42-21-8-12-26-47(42)58(3,4)50(43)35-39)40-34-38-20-16-25-41(37-18-6-5-7-19-37)55(38)54(36-40)60-51-29-14-10-22-44(51)45-23-11-15-30-52(45)60/h5-36H,1-4H3. The number of hydrogen-bond donors (Lipinski definition) is 0. The Morgan fingerprint density at radius 2 is 0.967 bits per heavy atom. The zero-order chi connectivity index (χ0) is 40.3. The molecule has 0 N–H and O–H groups in total. The van der Waals surface area contributed by atoms with Crippen LogP contribution in [0.5, 0.6) is 0 Å². The molecular weight excluding hydrogens is 725 g/mol. The fraction of sp³-hybridized carbons (Fsp3) is 0.103. The highest BCUT2D eigenvalue weighted by Gasteiger charge is 2.39. The lowest BCUT2D eigenvalue weighted by Crippen LogP contribution is -2.18. The average Bonchev–Trinajstić information content (AvgIpc) is 3.83. The Labute approximate surface area is 351 Å². The molecule has 286 valence electrons. The van der Waals surface area contributed by atoms with E-state index in [0.29, 0.717) is 0 Å². The monoisotopic (exact) mass is 768 g/mol. The average molecular weight is 769 g/mol. The SMILES string of the molecule is CC1(C)c2ccccc2-c2ccc(N(c3cc(-n4c5ccccc5c5ccccc54)c4c(-c5ccccc5)cccc4c3)c3cccc4c3-c3ccccc3C4(C)C)cc21. The van der Waals surface area contributed by atoms with Gasteiger partial charge in [-0.05, 0) is 97.9 Å². The van der Waals surface area contributed by atoms with Crippen LogP contribution < -0.4 is 4.90 Å². The Morgan fingerprint density at radius 1 is 0.400 bits per heavy atom. The summed E-state index contributed by atoms with van der Waals surface area (Å²) in [5, 5.41) is 4.92. The molecule has 2 nitrogen and oxygen atoms in total. The largest absolute Gasteiger partial charge is 0.310 e. The van der Waals surface area contributed by atoms with Gasteiger partial charge >= 0.3 is 0 Å². The van der Waals surface area contributed by atoms with Crippen molar-refractivity contribution in [3.63, 3.8) is 0 Å². The minimum absolute atomic E-state index is 0.142. The molecule has 9 aromatic carbocycles. The highest BCUT2D eigenvalue weighted by atomic mass is 15.1. The van der Waals surface area contributed by atoms with Crippen molar-refractivity contribution in [3.05, 3.63) is 216 Å². The predicted molar refractivity (Wildman–Crippen MR) is 254 cm³/mol. The molecule has 0 radical (unpaired) electrons. The molecule has 10 aromatic rings. The van der Waals surface area contributed by atoms with Gasteiger partial charge in [-0.15, -0.1) is 0 Å². The number of hydrogen-bond acceptors (Lipinski definition) is 1. The summed E-state index contributed by atoms with van der Waals surface area (Å²) in [7, 11) is 0. The third-order valence-corrected chi connectivity index (χ3v) is 13.8. The molecule has 0 saturated carbocycles. The first-order valence-corrected chi connectivity index (χ1v) is 21.2. The zero-order valence-electron chi connectivity index (χ0n) is 34.4. The molecule has 0 saturated heterocycles. The van der Waals surface area contributed by atoms with Gasteiger partial charge in [0.05, 0.1) is 22.4 Å². The van der Waals surface area contributed by atoms with Crippen LogP contribution in [0, 0.1) is 0 Å². The van der Waals surface area contributed by atoms with Gasteiger partial charge < -0.3 is 9.47 Å². The molecule has 2 heteroatoms. The first-order chi connectivity index (χ1) is 29.3. The fourth-order valence-electron chi connectivity index (χ4n) is 10.9. The first-order valence-electron chi connectivity index (χ1n) is 21.2. The van der Waals surface area contributed by atoms with Gasteiger partial charge in [-0.3, -0.25) is 0 Å². The van der Waals surface area contributed by atoms with Crippen molar-refractivity contribution in [1.29, 1.82) is 0 Å². The van der Waals surface area contributed by atoms with Crippen molar-refractivity contribution >= 4 is 49.6 Å². The molecule has 0 unspecified atom stereocenters. The van der Waals surface area contributed by atoms with E-state index in [-0.39, 0.29) is 10.8 Å². The lowest BCUT2D eigenvalue weighted by Gasteiger charge is -2.31. The second kappa shape index (κ2) is 12.7. The summed E-state index contributed by atoms with van der Waals surface area (Å²) in [6.07, 6.45) is 0. The molecular formula is C58H44N2. The quantitative estimate of drug-likeness (QED) is 0.169. The Hall–Kier alpha value is -7.16. The molecule has 12 rings (SSSR count). The number of para-hydroxylation sites is 2. The summed E-state index contributed by atoms with van der Waals surface area (Å²) in [4.78, 5) is 2.56. The van der Waals surface area contributed by atoms with Crippen LogP contribution in [0.1, 0.15) is 49.9 Å². The van der Waals surface area contributed by atoms with Crippen molar-refractivity contribution in [2.45, 2.75) is 38.5 Å². The lowest BCUT2D eigenvalue weighted by atomic mass is 9.82. The zero-order valence-corrected chi connectivity index (χ0v) is 34.4. The van der Waals surface area contributed by atoms with E-state index in [1.165, 1.54) is 93.9 Å². The third-order valence-electron chi connectivity index (χ3n) is 13.8. The van der Waals surface area contributed by atoms with Crippen LogP contribution in [0.2, 0.25) is 0 Å². The van der Waals surface area contributed by atoms with Crippen LogP contribution in [0.3, 0.4) is 0 Å². The van der Waals surface area contributed by atoms with E-state index < -0.39 is 0 Å². The third kappa shape index (κ3) is 4.82. The van der Waals surface area contributed by atoms with E-state index in [4.69, 9.17) is 0 Å². The maximum atomic E-state index is 2.56. The molecule has 0 bridgehead atoms. The Balaban J connectivity index is 1.21. The van der Waals surface area contributed by atoms with Crippen LogP contribution in [0.4, 0.5) is 17.1 Å². The summed E-state index contributed by atoms with van der Waals surface area (Å²) >= 11 is 0. The van der Waals surface area contributed by atoms with Gasteiger partial charge in [0.1, 0.15) is 0 Å². The normalized spacial score (nSPS) is 14.3. The number of aromatic nitrogens is 1. The molecule has 2 aliphatic rings. The van der Waals surface area contributed by atoms with E-state index in [9.17, 15) is 0 Å². The predicted octanol–water partition coefficient (Wildman–Crippen LogP) is 15.7. The van der Waals surface area contributed by atoms with Gasteiger partial charge in [0.15, 0.2) is 0 Å². The molecule has 0 atom stereocenters. The minimum Gasteiger partial charge on any atom is -0.310 e. The maximum absolute atomic E-state index is 2.56. The van der Waals surface area contributed by atoms with Crippen molar-refractivity contribution in [2.75, 3.05) is 4.90 Å². The summed E-state index contributed by atoms with van der Waals surface area (Å²) in [6.45, 7) is 9.52. The maximum Gasteiger partial charge on any atom is 0.0567 e. The smallest absolute Gasteiger partial charge is 0.0567 e. The Bertz CT molecular complexity index is 3330. The van der Waals surface area contributed by atoms with Crippen molar-refractivity contribution in [3.8, 4) is 39.1 Å². The van der Waals surface area contributed by atoms with Gasteiger partial charge in [0.25, 0.3) is 0 Å². The van der Waals surface area contributed by atoms with Gasteiger partial charge in [0, 0.05) is 43.9 Å². The van der Waals surface area contributed by atoms with Gasteiger partial charge in [0.2, 0.25) is 0 Å². The van der Waals surface area contributed by atoms with Crippen molar-refractivity contribution in [2.24, 2.45) is 0 Å². The molecule has 1 heterocycles. The van der Waals surface area contributed by atoms with E-state index in [2.05, 4.69) is 231 Å². The van der Waals surface area contributed by atoms with Crippen LogP contribution in [-0.4, -0.2) is 4.57 Å². The van der Waals surface area contributed by atoms with E-state index in [1.807, 2.05) is 0 Å². The van der Waals surface area contributed by atoms with Crippen molar-refractivity contribution in [1.82, 2.24) is 4.57 Å². The molecule has 0 amide bonds. The van der Waals surface area contributed by atoms with E-state index >= 15 is 0 Å². The number of anilines is 3. The summed E-state index contributed by atoms with van der Waals surface area (Å²) in [5.74, 6) is 0. The topological polar surface area (TPSA) is 8.17 Å². The van der Waals surface area contributed by atoms with Crippen molar-refractivity contribution < 1.29 is 0 Å². The van der Waals surface area contributed by atoms with Crippen LogP contribution in [-0.2, 0) is 10.8 Å². The molecule has 1 aromatic heterocycles. The molecule has 0 spiro atoms. The summed E-state index contributed by atoms with van der Waals surface area (Å²) in [6, 6.07) is 72.5. The molecule has 60 heavy (non-hydrogen) atoms. The fourth-order valence-corrected chi connectivity index (χ4v) is 10.9. The highest BCUT2D eigenvalue weighted by molar-refractivity contribution is 6.13. The summed E-state index contributed by atoms with van der Waals surface area (Å²) < 4.78 is 2.51. The Morgan fingerprint density at radius 3 is 1.72 bits per heavy atom. The molecule has 2 aliphatic carbocycles. The number of nitrogens with zero attached hydrogens (tertiary/aromatic N) is 2. The minimum atomic E-state index is -0.150. The molecule has 0 fully saturated rings. The second-order valence-electron chi connectivity index (χ2n) is 17.7. The van der Waals surface area contributed by atoms with Gasteiger partial charge in [-0.2, -0.15) is 0 Å². The number of fused-ring (bicyclic) bond motifs is 10. The van der Waals surface area contributed by atoms with E-state index in [1.54, 1.807) is 0 Å². The van der Waals surface area contributed by atoms with E-state index in [0.717, 1.165) is 17.1 Å². The van der Waals surface area contributed by atoms with Crippen LogP contribution in [0.25, 0.3) is 71.6 Å². The lowest BCUT2D eigenvalue weighted by molar-refractivity contribution is 0.660. The highest BCUT2D eigenvalue weighted by Crippen LogP contribution is 2.56. The van der Waals surface area contributed by atoms with Crippen LogP contribution in [0.15, 0.2) is 194 Å². The number of benzene rings is 9.